The first kappa shape index (κ1) is 16.3. The summed E-state index contributed by atoms with van der Waals surface area (Å²) in [6, 6.07) is 7.99. The maximum atomic E-state index is 12.6. The molecule has 6 heteroatoms. The number of ether oxygens (including phenoxy) is 1. The van der Waals surface area contributed by atoms with Gasteiger partial charge in [-0.1, -0.05) is 24.3 Å². The highest BCUT2D eigenvalue weighted by molar-refractivity contribution is 8.00. The third kappa shape index (κ3) is 3.38. The predicted molar refractivity (Wildman–Crippen MR) is 88.5 cm³/mol. The van der Waals surface area contributed by atoms with Gasteiger partial charge in [0.15, 0.2) is 0 Å². The van der Waals surface area contributed by atoms with E-state index >= 15 is 0 Å². The standard InChI is InChI=1S/C17H21NO4S/c19-15(14-13-4-2-1-3-12(13)5-10-23-14)18-11-17(16(20)21)6-8-22-9-7-17/h1-4,14H,5-11H2,(H,18,19)(H,20,21). The van der Waals surface area contributed by atoms with Crippen molar-refractivity contribution in [1.29, 1.82) is 0 Å². The Kier molecular flexibility index (Phi) is 4.92. The molecule has 0 aromatic heterocycles. The monoisotopic (exact) mass is 335 g/mol. The molecule has 1 saturated heterocycles. The fraction of sp³-hybridized carbons (Fsp3) is 0.529. The van der Waals surface area contributed by atoms with E-state index in [1.165, 1.54) is 5.56 Å². The highest BCUT2D eigenvalue weighted by Crippen LogP contribution is 2.37. The van der Waals surface area contributed by atoms with Crippen LogP contribution in [0.2, 0.25) is 0 Å². The van der Waals surface area contributed by atoms with E-state index in [1.807, 2.05) is 18.2 Å². The van der Waals surface area contributed by atoms with Gasteiger partial charge >= 0.3 is 5.97 Å². The Hall–Kier alpha value is -1.53. The van der Waals surface area contributed by atoms with Crippen molar-refractivity contribution in [2.75, 3.05) is 25.5 Å². The zero-order valence-corrected chi connectivity index (χ0v) is 13.7. The summed E-state index contributed by atoms with van der Waals surface area (Å²) in [6.45, 7) is 1.04. The first-order valence-electron chi connectivity index (χ1n) is 7.91. The van der Waals surface area contributed by atoms with Gasteiger partial charge in [-0.15, -0.1) is 11.8 Å². The molecule has 0 bridgehead atoms. The third-order valence-electron chi connectivity index (χ3n) is 4.74. The molecule has 5 nitrogen and oxygen atoms in total. The number of carbonyl (C=O) groups is 2. The maximum Gasteiger partial charge on any atom is 0.311 e. The second-order valence-corrected chi connectivity index (χ2v) is 7.33. The second-order valence-electron chi connectivity index (χ2n) is 6.12. The number of hydrogen-bond donors (Lipinski definition) is 2. The Labute approximate surface area is 139 Å². The molecular formula is C17H21NO4S. The molecular weight excluding hydrogens is 314 g/mol. The summed E-state index contributed by atoms with van der Waals surface area (Å²) in [7, 11) is 0. The number of thioether (sulfide) groups is 1. The van der Waals surface area contributed by atoms with Gasteiger partial charge in [-0.05, 0) is 36.1 Å². The van der Waals surface area contributed by atoms with Crippen molar-refractivity contribution in [3.8, 4) is 0 Å². The minimum absolute atomic E-state index is 0.0886. The fourth-order valence-corrected chi connectivity index (χ4v) is 4.41. The molecule has 1 atom stereocenters. The van der Waals surface area contributed by atoms with Crippen LogP contribution >= 0.6 is 11.8 Å². The van der Waals surface area contributed by atoms with Crippen LogP contribution in [0.25, 0.3) is 0 Å². The molecule has 124 valence electrons. The number of carbonyl (C=O) groups excluding carboxylic acids is 1. The highest BCUT2D eigenvalue weighted by atomic mass is 32.2. The van der Waals surface area contributed by atoms with Gasteiger partial charge in [-0.25, -0.2) is 0 Å². The molecule has 23 heavy (non-hydrogen) atoms. The molecule has 0 aliphatic carbocycles. The summed E-state index contributed by atoms with van der Waals surface area (Å²) in [5, 5.41) is 12.2. The van der Waals surface area contributed by atoms with Crippen LogP contribution in [0.4, 0.5) is 0 Å². The van der Waals surface area contributed by atoms with Crippen LogP contribution in [0.15, 0.2) is 24.3 Å². The summed E-state index contributed by atoms with van der Waals surface area (Å²) < 4.78 is 5.26. The van der Waals surface area contributed by atoms with E-state index in [0.29, 0.717) is 26.1 Å². The fourth-order valence-electron chi connectivity index (χ4n) is 3.19. The van der Waals surface area contributed by atoms with Crippen LogP contribution in [-0.4, -0.2) is 42.5 Å². The molecule has 0 radical (unpaired) electrons. The van der Waals surface area contributed by atoms with Crippen molar-refractivity contribution in [2.24, 2.45) is 5.41 Å². The lowest BCUT2D eigenvalue weighted by Crippen LogP contribution is -2.47. The summed E-state index contributed by atoms with van der Waals surface area (Å²) in [5.74, 6) is -0.0282. The van der Waals surface area contributed by atoms with Crippen molar-refractivity contribution in [1.82, 2.24) is 5.32 Å². The van der Waals surface area contributed by atoms with Crippen molar-refractivity contribution >= 4 is 23.6 Å². The molecule has 0 saturated carbocycles. The molecule has 1 amide bonds. The zero-order chi connectivity index (χ0) is 16.3. The Morgan fingerprint density at radius 3 is 2.78 bits per heavy atom. The van der Waals surface area contributed by atoms with Gasteiger partial charge < -0.3 is 15.2 Å². The lowest BCUT2D eigenvalue weighted by molar-refractivity contribution is -0.154. The summed E-state index contributed by atoms with van der Waals surface area (Å²) in [4.78, 5) is 24.3. The summed E-state index contributed by atoms with van der Waals surface area (Å²) >= 11 is 1.62. The number of carboxylic acids is 1. The van der Waals surface area contributed by atoms with Gasteiger partial charge in [0.1, 0.15) is 5.25 Å². The van der Waals surface area contributed by atoms with Crippen molar-refractivity contribution in [2.45, 2.75) is 24.5 Å². The van der Waals surface area contributed by atoms with E-state index in [-0.39, 0.29) is 17.7 Å². The zero-order valence-electron chi connectivity index (χ0n) is 12.9. The van der Waals surface area contributed by atoms with Gasteiger partial charge in [-0.2, -0.15) is 0 Å². The Morgan fingerprint density at radius 1 is 1.30 bits per heavy atom. The molecule has 3 rings (SSSR count). The van der Waals surface area contributed by atoms with Crippen molar-refractivity contribution in [3.63, 3.8) is 0 Å². The van der Waals surface area contributed by atoms with Crippen LogP contribution in [0.3, 0.4) is 0 Å². The van der Waals surface area contributed by atoms with Gasteiger partial charge in [0.2, 0.25) is 5.91 Å². The molecule has 0 spiro atoms. The van der Waals surface area contributed by atoms with Gasteiger partial charge in [0.05, 0.1) is 5.41 Å². The number of aryl methyl sites for hydroxylation is 1. The van der Waals surface area contributed by atoms with E-state index in [1.54, 1.807) is 11.8 Å². The largest absolute Gasteiger partial charge is 0.481 e. The molecule has 2 heterocycles. The quantitative estimate of drug-likeness (QED) is 0.880. The molecule has 2 N–H and O–H groups in total. The Bertz CT molecular complexity index is 598. The van der Waals surface area contributed by atoms with Gasteiger partial charge in [0, 0.05) is 19.8 Å². The van der Waals surface area contributed by atoms with Crippen LogP contribution in [0, 0.1) is 5.41 Å². The van der Waals surface area contributed by atoms with Gasteiger partial charge in [-0.3, -0.25) is 9.59 Å². The molecule has 1 unspecified atom stereocenters. The van der Waals surface area contributed by atoms with E-state index in [4.69, 9.17) is 4.74 Å². The SMILES string of the molecule is O=C(NCC1(C(=O)O)CCOCC1)C1SCCc2ccccc21. The average molecular weight is 335 g/mol. The number of nitrogens with one attached hydrogen (secondary N) is 1. The number of amides is 1. The normalized spacial score (nSPS) is 22.9. The maximum absolute atomic E-state index is 12.6. The van der Waals surface area contributed by atoms with Crippen LogP contribution in [-0.2, 0) is 20.7 Å². The van der Waals surface area contributed by atoms with Crippen LogP contribution < -0.4 is 5.32 Å². The molecule has 1 aromatic carbocycles. The second kappa shape index (κ2) is 6.93. The average Bonchev–Trinajstić information content (AvgIpc) is 2.60. The van der Waals surface area contributed by atoms with Crippen LogP contribution in [0.1, 0.15) is 29.2 Å². The molecule has 2 aliphatic rings. The summed E-state index contributed by atoms with van der Waals surface area (Å²) in [6.07, 6.45) is 1.86. The molecule has 2 aliphatic heterocycles. The minimum atomic E-state index is -0.896. The van der Waals surface area contributed by atoms with Gasteiger partial charge in [0.25, 0.3) is 0 Å². The smallest absolute Gasteiger partial charge is 0.311 e. The number of fused-ring (bicyclic) bond motifs is 1. The topological polar surface area (TPSA) is 75.6 Å². The number of benzene rings is 1. The highest BCUT2D eigenvalue weighted by Gasteiger charge is 2.41. The minimum Gasteiger partial charge on any atom is -0.481 e. The molecule has 1 aromatic rings. The third-order valence-corrected chi connectivity index (χ3v) is 5.98. The Balaban J connectivity index is 1.69. The number of aliphatic carboxylic acids is 1. The number of hydrogen-bond acceptors (Lipinski definition) is 4. The summed E-state index contributed by atoms with van der Waals surface area (Å²) in [5.41, 5.74) is 1.37. The predicted octanol–water partition coefficient (Wildman–Crippen LogP) is 2.01. The van der Waals surface area contributed by atoms with E-state index in [0.717, 1.165) is 17.7 Å². The van der Waals surface area contributed by atoms with E-state index < -0.39 is 11.4 Å². The van der Waals surface area contributed by atoms with E-state index in [9.17, 15) is 14.7 Å². The first-order chi connectivity index (χ1) is 11.1. The first-order valence-corrected chi connectivity index (χ1v) is 8.95. The van der Waals surface area contributed by atoms with E-state index in [2.05, 4.69) is 11.4 Å². The number of carboxylic acid groups (broad SMARTS) is 1. The van der Waals surface area contributed by atoms with Crippen molar-refractivity contribution in [3.05, 3.63) is 35.4 Å². The lowest BCUT2D eigenvalue weighted by atomic mass is 9.80. The van der Waals surface area contributed by atoms with Crippen LogP contribution in [0.5, 0.6) is 0 Å². The lowest BCUT2D eigenvalue weighted by Gasteiger charge is -2.34. The molecule has 1 fully saturated rings. The number of rotatable bonds is 4. The Morgan fingerprint density at radius 2 is 2.04 bits per heavy atom. The van der Waals surface area contributed by atoms with Crippen molar-refractivity contribution < 1.29 is 19.4 Å².